The summed E-state index contributed by atoms with van der Waals surface area (Å²) in [7, 11) is 0. The van der Waals surface area contributed by atoms with Gasteiger partial charge in [-0.25, -0.2) is 4.79 Å². The van der Waals surface area contributed by atoms with Crippen LogP contribution >= 0.6 is 0 Å². The van der Waals surface area contributed by atoms with Gasteiger partial charge in [-0.05, 0) is 30.2 Å². The Kier molecular flexibility index (Phi) is 6.69. The van der Waals surface area contributed by atoms with E-state index in [1.54, 1.807) is 25.1 Å². The molecule has 0 aliphatic heterocycles. The lowest BCUT2D eigenvalue weighted by molar-refractivity contribution is -0.128. The number of fused-ring (bicyclic) bond motifs is 1. The summed E-state index contributed by atoms with van der Waals surface area (Å²) in [6.45, 7) is 0.763. The van der Waals surface area contributed by atoms with Crippen molar-refractivity contribution < 1.29 is 23.8 Å². The second-order valence-electron chi connectivity index (χ2n) is 7.52. The van der Waals surface area contributed by atoms with E-state index >= 15 is 0 Å². The average molecular weight is 462 g/mol. The van der Waals surface area contributed by atoms with Crippen LogP contribution in [-0.2, 0) is 9.59 Å². The van der Waals surface area contributed by atoms with Gasteiger partial charge in [-0.1, -0.05) is 30.3 Å². The van der Waals surface area contributed by atoms with E-state index in [4.69, 9.17) is 9.15 Å². The van der Waals surface area contributed by atoms with Crippen molar-refractivity contribution in [2.45, 2.75) is 13.0 Å². The lowest BCUT2D eigenvalue weighted by Gasteiger charge is -2.15. The molecule has 0 bridgehead atoms. The van der Waals surface area contributed by atoms with E-state index < -0.39 is 36.7 Å². The lowest BCUT2D eigenvalue weighted by Crippen LogP contribution is -2.47. The van der Waals surface area contributed by atoms with Gasteiger partial charge in [0.05, 0.1) is 12.3 Å². The molecule has 34 heavy (non-hydrogen) atoms. The van der Waals surface area contributed by atoms with Crippen molar-refractivity contribution in [3.8, 4) is 17.0 Å². The lowest BCUT2D eigenvalue weighted by atomic mass is 10.1. The Balaban J connectivity index is 1.33. The molecule has 2 amide bonds. The highest BCUT2D eigenvalue weighted by Crippen LogP contribution is 2.22. The number of rotatable bonds is 8. The van der Waals surface area contributed by atoms with Gasteiger partial charge >= 0.3 is 5.63 Å². The number of aliphatic hydroxyl groups excluding tert-OH is 1. The first-order valence-corrected chi connectivity index (χ1v) is 10.4. The van der Waals surface area contributed by atoms with Gasteiger partial charge in [0, 0.05) is 23.6 Å². The first-order chi connectivity index (χ1) is 16.4. The monoisotopic (exact) mass is 462 g/mol. The van der Waals surface area contributed by atoms with Gasteiger partial charge in [0.15, 0.2) is 12.4 Å². The summed E-state index contributed by atoms with van der Waals surface area (Å²) in [6, 6.07) is 16.1. The third-order valence-corrected chi connectivity index (χ3v) is 5.04. The van der Waals surface area contributed by atoms with Crippen LogP contribution in [0.5, 0.6) is 5.75 Å². The van der Waals surface area contributed by atoms with Crippen molar-refractivity contribution in [1.29, 1.82) is 0 Å². The Hall–Kier alpha value is -4.44. The fourth-order valence-electron chi connectivity index (χ4n) is 3.34. The van der Waals surface area contributed by atoms with Crippen molar-refractivity contribution in [2.75, 3.05) is 18.5 Å². The molecule has 0 radical (unpaired) electrons. The number of carbonyl (C=O) groups excluding carboxylic acids is 2. The van der Waals surface area contributed by atoms with Gasteiger partial charge in [0.1, 0.15) is 17.4 Å². The molecule has 4 N–H and O–H groups in total. The maximum absolute atomic E-state index is 12.5. The minimum atomic E-state index is -1.20. The molecule has 0 saturated heterocycles. The number of hydrogen-bond donors (Lipinski definition) is 4. The molecule has 4 rings (SSSR count). The number of nitrogens with one attached hydrogen (secondary N) is 3. The summed E-state index contributed by atoms with van der Waals surface area (Å²) in [5.41, 5.74) is 2.21. The van der Waals surface area contributed by atoms with E-state index in [0.717, 1.165) is 16.5 Å². The van der Waals surface area contributed by atoms with E-state index in [2.05, 4.69) is 20.8 Å². The Morgan fingerprint density at radius 3 is 2.71 bits per heavy atom. The molecule has 174 valence electrons. The average Bonchev–Trinajstić information content (AvgIpc) is 3.29. The Bertz CT molecular complexity index is 1380. The van der Waals surface area contributed by atoms with Crippen LogP contribution in [0.25, 0.3) is 22.2 Å². The molecule has 2 aromatic heterocycles. The number of H-pyrrole nitrogens is 1. The Labute approximate surface area is 193 Å². The molecule has 1 atom stereocenters. The maximum atomic E-state index is 12.5. The molecular formula is C24H22N4O6. The van der Waals surface area contributed by atoms with E-state index in [9.17, 15) is 19.5 Å². The SMILES string of the molecule is Cc1cc(=O)oc2cc(OCC(=O)N[C@@H](CO)C(=O)Nc3cc(-c4ccccc4)[nH]n3)ccc12. The van der Waals surface area contributed by atoms with Gasteiger partial charge in [-0.15, -0.1) is 0 Å². The van der Waals surface area contributed by atoms with Crippen LogP contribution in [0.2, 0.25) is 0 Å². The van der Waals surface area contributed by atoms with Crippen LogP contribution in [0, 0.1) is 6.92 Å². The van der Waals surface area contributed by atoms with E-state index in [0.29, 0.717) is 17.0 Å². The second kappa shape index (κ2) is 10.0. The summed E-state index contributed by atoms with van der Waals surface area (Å²) in [5, 5.41) is 22.2. The summed E-state index contributed by atoms with van der Waals surface area (Å²) in [5.74, 6) is -0.691. The molecular weight excluding hydrogens is 440 g/mol. The molecule has 10 heteroatoms. The van der Waals surface area contributed by atoms with Gasteiger partial charge < -0.3 is 24.9 Å². The zero-order valence-corrected chi connectivity index (χ0v) is 18.2. The predicted molar refractivity (Wildman–Crippen MR) is 124 cm³/mol. The van der Waals surface area contributed by atoms with E-state index in [1.165, 1.54) is 12.1 Å². The highest BCUT2D eigenvalue weighted by atomic mass is 16.5. The van der Waals surface area contributed by atoms with E-state index in [-0.39, 0.29) is 5.82 Å². The maximum Gasteiger partial charge on any atom is 0.336 e. The molecule has 0 saturated carbocycles. The summed E-state index contributed by atoms with van der Waals surface area (Å²) in [6.07, 6.45) is 0. The number of ether oxygens (including phenoxy) is 1. The number of aromatic nitrogens is 2. The number of aromatic amines is 1. The zero-order valence-electron chi connectivity index (χ0n) is 18.2. The van der Waals surface area contributed by atoms with Crippen molar-refractivity contribution in [1.82, 2.24) is 15.5 Å². The predicted octanol–water partition coefficient (Wildman–Crippen LogP) is 1.99. The smallest absolute Gasteiger partial charge is 0.336 e. The van der Waals surface area contributed by atoms with E-state index in [1.807, 2.05) is 30.3 Å². The van der Waals surface area contributed by atoms with Crippen LogP contribution in [-0.4, -0.2) is 46.4 Å². The number of nitrogens with zero attached hydrogens (tertiary/aromatic N) is 1. The van der Waals surface area contributed by atoms with Gasteiger partial charge in [0.25, 0.3) is 11.8 Å². The molecule has 4 aromatic rings. The first kappa shape index (κ1) is 22.7. The number of carbonyl (C=O) groups is 2. The third-order valence-electron chi connectivity index (χ3n) is 5.04. The zero-order chi connectivity index (χ0) is 24.1. The van der Waals surface area contributed by atoms with Crippen LogP contribution in [0.15, 0.2) is 69.9 Å². The Morgan fingerprint density at radius 2 is 1.94 bits per heavy atom. The van der Waals surface area contributed by atoms with Gasteiger partial charge in [-0.2, -0.15) is 5.10 Å². The molecule has 0 aliphatic rings. The highest BCUT2D eigenvalue weighted by molar-refractivity contribution is 5.97. The summed E-state index contributed by atoms with van der Waals surface area (Å²) < 4.78 is 10.6. The van der Waals surface area contributed by atoms with Crippen LogP contribution in [0.4, 0.5) is 5.82 Å². The first-order valence-electron chi connectivity index (χ1n) is 10.4. The molecule has 2 aromatic carbocycles. The fraction of sp³-hybridized carbons (Fsp3) is 0.167. The third kappa shape index (κ3) is 5.30. The second-order valence-corrected chi connectivity index (χ2v) is 7.52. The molecule has 2 heterocycles. The number of benzene rings is 2. The van der Waals surface area contributed by atoms with Crippen molar-refractivity contribution in [3.63, 3.8) is 0 Å². The quantitative estimate of drug-likeness (QED) is 0.293. The minimum absolute atomic E-state index is 0.251. The number of hydrogen-bond acceptors (Lipinski definition) is 7. The van der Waals surface area contributed by atoms with Crippen molar-refractivity contribution in [3.05, 3.63) is 76.6 Å². The largest absolute Gasteiger partial charge is 0.484 e. The van der Waals surface area contributed by atoms with Crippen LogP contribution < -0.4 is 21.0 Å². The van der Waals surface area contributed by atoms with Crippen molar-refractivity contribution in [2.24, 2.45) is 0 Å². The summed E-state index contributed by atoms with van der Waals surface area (Å²) >= 11 is 0. The molecule has 10 nitrogen and oxygen atoms in total. The van der Waals surface area contributed by atoms with Gasteiger partial charge in [-0.3, -0.25) is 14.7 Å². The Morgan fingerprint density at radius 1 is 1.15 bits per heavy atom. The highest BCUT2D eigenvalue weighted by Gasteiger charge is 2.21. The number of aryl methyl sites for hydroxylation is 1. The van der Waals surface area contributed by atoms with Gasteiger partial charge in [0.2, 0.25) is 0 Å². The number of anilines is 1. The normalized spacial score (nSPS) is 11.7. The fourth-order valence-corrected chi connectivity index (χ4v) is 3.34. The molecule has 0 aliphatic carbocycles. The molecule has 0 unspecified atom stereocenters. The minimum Gasteiger partial charge on any atom is -0.484 e. The van der Waals surface area contributed by atoms with Crippen molar-refractivity contribution >= 4 is 28.6 Å². The topological polar surface area (TPSA) is 147 Å². The van der Waals surface area contributed by atoms with Crippen LogP contribution in [0.1, 0.15) is 5.56 Å². The molecule has 0 spiro atoms. The summed E-state index contributed by atoms with van der Waals surface area (Å²) in [4.78, 5) is 36.3. The number of amides is 2. The number of aliphatic hydroxyl groups is 1. The van der Waals surface area contributed by atoms with Crippen LogP contribution in [0.3, 0.4) is 0 Å². The standard InChI is InChI=1S/C24H22N4O6/c1-14-9-23(31)34-20-10-16(7-8-17(14)20)33-13-22(30)25-19(12-29)24(32)26-21-11-18(27-28-21)15-5-3-2-4-6-15/h2-11,19,29H,12-13H2,1H3,(H,25,30)(H2,26,27,28,32)/t19-/m0/s1. The molecule has 0 fully saturated rings.